The Morgan fingerprint density at radius 1 is 1.33 bits per heavy atom. The van der Waals surface area contributed by atoms with E-state index in [4.69, 9.17) is 14.2 Å². The number of rotatable bonds is 5. The molecular weight excluding hydrogens is 436 g/mol. The SMILES string of the molecule is CCOC(=O)C1=C(C)N=C2SCC(=O)N2[C@H]1c1cc(Br)c(OC)cc1OC. The van der Waals surface area contributed by atoms with Crippen molar-refractivity contribution in [3.05, 3.63) is 33.4 Å². The van der Waals surface area contributed by atoms with E-state index in [1.54, 1.807) is 38.0 Å². The largest absolute Gasteiger partial charge is 0.496 e. The van der Waals surface area contributed by atoms with Gasteiger partial charge in [0.05, 0.1) is 42.3 Å². The number of carbonyl (C=O) groups is 2. The van der Waals surface area contributed by atoms with E-state index >= 15 is 0 Å². The summed E-state index contributed by atoms with van der Waals surface area (Å²) in [5.41, 5.74) is 1.50. The number of aliphatic imine (C=N–C) groups is 1. The molecule has 9 heteroatoms. The molecule has 0 spiro atoms. The molecule has 1 atom stereocenters. The number of amides is 1. The number of methoxy groups -OCH3 is 2. The first-order valence-corrected chi connectivity index (χ1v) is 10.0. The summed E-state index contributed by atoms with van der Waals surface area (Å²) in [5.74, 6) is 0.744. The molecule has 1 fully saturated rings. The van der Waals surface area contributed by atoms with Gasteiger partial charge in [-0.05, 0) is 35.8 Å². The molecule has 0 radical (unpaired) electrons. The molecule has 0 aliphatic carbocycles. The number of carbonyl (C=O) groups excluding carboxylic acids is 2. The van der Waals surface area contributed by atoms with Crippen LogP contribution in [-0.4, -0.2) is 48.5 Å². The maximum absolute atomic E-state index is 12.7. The number of hydrogen-bond donors (Lipinski definition) is 0. The molecule has 2 heterocycles. The van der Waals surface area contributed by atoms with Crippen molar-refractivity contribution in [1.82, 2.24) is 4.90 Å². The molecule has 1 amide bonds. The summed E-state index contributed by atoms with van der Waals surface area (Å²) in [6.07, 6.45) is 0. The van der Waals surface area contributed by atoms with Gasteiger partial charge in [-0.1, -0.05) is 11.8 Å². The van der Waals surface area contributed by atoms with E-state index in [0.29, 0.717) is 38.0 Å². The van der Waals surface area contributed by atoms with Gasteiger partial charge in [0.2, 0.25) is 5.91 Å². The Balaban J connectivity index is 2.23. The van der Waals surface area contributed by atoms with Gasteiger partial charge in [-0.25, -0.2) is 9.79 Å². The minimum atomic E-state index is -0.684. The van der Waals surface area contributed by atoms with Crippen LogP contribution in [0.3, 0.4) is 0 Å². The summed E-state index contributed by atoms with van der Waals surface area (Å²) in [7, 11) is 3.09. The molecule has 0 saturated carbocycles. The smallest absolute Gasteiger partial charge is 0.338 e. The van der Waals surface area contributed by atoms with Crippen LogP contribution in [0.25, 0.3) is 0 Å². The molecule has 2 aliphatic rings. The normalized spacial score (nSPS) is 19.0. The number of nitrogens with zero attached hydrogens (tertiary/aromatic N) is 2. The second kappa shape index (κ2) is 7.93. The molecule has 0 N–H and O–H groups in total. The Hall–Kier alpha value is -2.00. The van der Waals surface area contributed by atoms with Gasteiger partial charge in [0.1, 0.15) is 17.5 Å². The molecule has 27 heavy (non-hydrogen) atoms. The van der Waals surface area contributed by atoms with Crippen LogP contribution >= 0.6 is 27.7 Å². The highest BCUT2D eigenvalue weighted by atomic mass is 79.9. The van der Waals surface area contributed by atoms with Crippen LogP contribution in [0, 0.1) is 0 Å². The summed E-state index contributed by atoms with van der Waals surface area (Å²) < 4.78 is 16.8. The van der Waals surface area contributed by atoms with Crippen molar-refractivity contribution in [3.63, 3.8) is 0 Å². The highest BCUT2D eigenvalue weighted by Gasteiger charge is 2.44. The third-order valence-corrected chi connectivity index (χ3v) is 5.84. The molecular formula is C18H19BrN2O5S. The van der Waals surface area contributed by atoms with Crippen LogP contribution < -0.4 is 9.47 Å². The minimum absolute atomic E-state index is 0.118. The number of amidine groups is 1. The van der Waals surface area contributed by atoms with Crippen molar-refractivity contribution in [2.24, 2.45) is 4.99 Å². The fourth-order valence-corrected chi connectivity index (χ4v) is 4.57. The third-order valence-electron chi connectivity index (χ3n) is 4.28. The monoisotopic (exact) mass is 454 g/mol. The van der Waals surface area contributed by atoms with Gasteiger partial charge in [-0.15, -0.1) is 0 Å². The first-order valence-electron chi connectivity index (χ1n) is 8.25. The number of esters is 1. The molecule has 7 nitrogen and oxygen atoms in total. The standard InChI is InChI=1S/C18H19BrN2O5S/c1-5-26-17(23)15-9(2)20-18-21(14(22)8-27-18)16(15)10-6-11(19)13(25-4)7-12(10)24-3/h6-7,16H,5,8H2,1-4H3/t16-/m0/s1. The summed E-state index contributed by atoms with van der Waals surface area (Å²) in [5, 5.41) is 0.574. The van der Waals surface area contributed by atoms with Crippen LogP contribution in [0.5, 0.6) is 11.5 Å². The van der Waals surface area contributed by atoms with Gasteiger partial charge >= 0.3 is 5.97 Å². The quantitative estimate of drug-likeness (QED) is 0.635. The van der Waals surface area contributed by atoms with Crippen LogP contribution in [0.15, 0.2) is 32.9 Å². The first-order chi connectivity index (χ1) is 12.9. The fraction of sp³-hybridized carbons (Fsp3) is 0.389. The van der Waals surface area contributed by atoms with Gasteiger partial charge in [0, 0.05) is 11.6 Å². The van der Waals surface area contributed by atoms with E-state index in [9.17, 15) is 9.59 Å². The van der Waals surface area contributed by atoms with Gasteiger partial charge in [0.25, 0.3) is 0 Å². The lowest BCUT2D eigenvalue weighted by atomic mass is 9.93. The van der Waals surface area contributed by atoms with Crippen LogP contribution in [0.1, 0.15) is 25.5 Å². The van der Waals surface area contributed by atoms with E-state index < -0.39 is 12.0 Å². The second-order valence-corrected chi connectivity index (χ2v) is 7.59. The van der Waals surface area contributed by atoms with Gasteiger partial charge in [-0.2, -0.15) is 0 Å². The number of hydrogen-bond acceptors (Lipinski definition) is 7. The Kier molecular flexibility index (Phi) is 5.81. The number of thioether (sulfide) groups is 1. The predicted octanol–water partition coefficient (Wildman–Crippen LogP) is 3.29. The predicted molar refractivity (Wildman–Crippen MR) is 106 cm³/mol. The van der Waals surface area contributed by atoms with Crippen molar-refractivity contribution < 1.29 is 23.8 Å². The maximum atomic E-state index is 12.7. The Labute approximate surface area is 169 Å². The molecule has 0 unspecified atom stereocenters. The van der Waals surface area contributed by atoms with E-state index in [0.717, 1.165) is 0 Å². The number of fused-ring (bicyclic) bond motifs is 1. The lowest BCUT2D eigenvalue weighted by Crippen LogP contribution is -2.39. The van der Waals surface area contributed by atoms with Crippen LogP contribution in [-0.2, 0) is 14.3 Å². The maximum Gasteiger partial charge on any atom is 0.338 e. The van der Waals surface area contributed by atoms with Crippen molar-refractivity contribution >= 4 is 44.7 Å². The summed E-state index contributed by atoms with van der Waals surface area (Å²) in [6, 6.07) is 2.83. The lowest BCUT2D eigenvalue weighted by Gasteiger charge is -2.33. The zero-order valence-electron chi connectivity index (χ0n) is 15.4. The summed E-state index contributed by atoms with van der Waals surface area (Å²) in [4.78, 5) is 31.3. The average molecular weight is 455 g/mol. The molecule has 1 aromatic rings. The van der Waals surface area contributed by atoms with E-state index in [1.165, 1.54) is 18.9 Å². The van der Waals surface area contributed by atoms with E-state index in [1.807, 2.05) is 0 Å². The average Bonchev–Trinajstić information content (AvgIpc) is 3.00. The Morgan fingerprint density at radius 2 is 2.04 bits per heavy atom. The van der Waals surface area contributed by atoms with Gasteiger partial charge in [-0.3, -0.25) is 9.69 Å². The Bertz CT molecular complexity index is 868. The Morgan fingerprint density at radius 3 is 2.67 bits per heavy atom. The third kappa shape index (κ3) is 3.45. The summed E-state index contributed by atoms with van der Waals surface area (Å²) in [6.45, 7) is 3.71. The number of halogens is 1. The van der Waals surface area contributed by atoms with Crippen molar-refractivity contribution in [3.8, 4) is 11.5 Å². The van der Waals surface area contributed by atoms with Crippen LogP contribution in [0.2, 0.25) is 0 Å². The van der Waals surface area contributed by atoms with Crippen molar-refractivity contribution in [2.45, 2.75) is 19.9 Å². The van der Waals surface area contributed by atoms with Crippen molar-refractivity contribution in [2.75, 3.05) is 26.6 Å². The highest BCUT2D eigenvalue weighted by Crippen LogP contribution is 2.46. The first kappa shape index (κ1) is 19.8. The molecule has 1 aromatic carbocycles. The number of allylic oxidation sites excluding steroid dienone is 1. The highest BCUT2D eigenvalue weighted by molar-refractivity contribution is 9.10. The van der Waals surface area contributed by atoms with E-state index in [-0.39, 0.29) is 18.3 Å². The zero-order chi connectivity index (χ0) is 19.7. The number of ether oxygens (including phenoxy) is 3. The van der Waals surface area contributed by atoms with Gasteiger partial charge in [0.15, 0.2) is 5.17 Å². The van der Waals surface area contributed by atoms with Gasteiger partial charge < -0.3 is 14.2 Å². The molecule has 0 bridgehead atoms. The van der Waals surface area contributed by atoms with Crippen LogP contribution in [0.4, 0.5) is 0 Å². The topological polar surface area (TPSA) is 77.4 Å². The minimum Gasteiger partial charge on any atom is -0.496 e. The molecule has 2 aliphatic heterocycles. The van der Waals surface area contributed by atoms with E-state index in [2.05, 4.69) is 20.9 Å². The summed E-state index contributed by atoms with van der Waals surface area (Å²) >= 11 is 4.83. The number of benzene rings is 1. The molecule has 144 valence electrons. The molecule has 3 rings (SSSR count). The lowest BCUT2D eigenvalue weighted by molar-refractivity contribution is -0.139. The van der Waals surface area contributed by atoms with Crippen molar-refractivity contribution in [1.29, 1.82) is 0 Å². The molecule has 1 saturated heterocycles. The fourth-order valence-electron chi connectivity index (χ4n) is 3.10. The zero-order valence-corrected chi connectivity index (χ0v) is 17.8. The molecule has 0 aromatic heterocycles. The second-order valence-electron chi connectivity index (χ2n) is 5.80.